The van der Waals surface area contributed by atoms with Gasteiger partial charge in [0.05, 0.1) is 13.2 Å². The predicted octanol–water partition coefficient (Wildman–Crippen LogP) is -0.144. The Balaban J connectivity index is 3.26. The molecule has 0 amide bonds. The molecule has 1 atom stereocenters. The van der Waals surface area contributed by atoms with Crippen molar-refractivity contribution in [2.24, 2.45) is 5.73 Å². The molecule has 0 aromatic rings. The summed E-state index contributed by atoms with van der Waals surface area (Å²) in [6, 6.07) is -0.445. The number of aldehydes is 1. The van der Waals surface area contributed by atoms with Gasteiger partial charge >= 0.3 is 5.97 Å². The van der Waals surface area contributed by atoms with E-state index in [9.17, 15) is 9.59 Å². The van der Waals surface area contributed by atoms with Crippen LogP contribution in [0, 0.1) is 0 Å². The zero-order valence-electron chi connectivity index (χ0n) is 6.58. The Kier molecular flexibility index (Phi) is 5.37. The van der Waals surface area contributed by atoms with Gasteiger partial charge in [-0.1, -0.05) is 0 Å². The van der Waals surface area contributed by atoms with E-state index in [0.717, 1.165) is 0 Å². The minimum Gasteiger partial charge on any atom is -0.469 e. The van der Waals surface area contributed by atoms with E-state index in [1.807, 2.05) is 0 Å². The summed E-state index contributed by atoms with van der Waals surface area (Å²) < 4.78 is 4.40. The number of nitrogens with two attached hydrogens (primary N) is 1. The highest BCUT2D eigenvalue weighted by molar-refractivity contribution is 5.69. The molecule has 0 aromatic heterocycles. The van der Waals surface area contributed by atoms with Crippen molar-refractivity contribution in [1.82, 2.24) is 0 Å². The summed E-state index contributed by atoms with van der Waals surface area (Å²) in [6.45, 7) is 0. The van der Waals surface area contributed by atoms with Crippen LogP contribution in [0.25, 0.3) is 0 Å². The van der Waals surface area contributed by atoms with Crippen LogP contribution in [-0.4, -0.2) is 25.4 Å². The standard InChI is InChI=1S/C7H13NO3/c1-11-7(10)4-2-3-6(8)5-9/h5-6H,2-4,8H2,1H3. The average molecular weight is 159 g/mol. The first kappa shape index (κ1) is 10.1. The SMILES string of the molecule is COC(=O)CCCC(N)C=O. The fourth-order valence-corrected chi connectivity index (χ4v) is 0.652. The maximum atomic E-state index is 10.5. The molecular formula is C7H13NO3. The molecular weight excluding hydrogens is 146 g/mol. The summed E-state index contributed by atoms with van der Waals surface area (Å²) in [5.74, 6) is -0.261. The van der Waals surface area contributed by atoms with E-state index in [1.54, 1.807) is 0 Å². The van der Waals surface area contributed by atoms with Crippen molar-refractivity contribution in [3.8, 4) is 0 Å². The molecule has 0 heterocycles. The van der Waals surface area contributed by atoms with Gasteiger partial charge in [-0.25, -0.2) is 0 Å². The van der Waals surface area contributed by atoms with Crippen molar-refractivity contribution in [3.63, 3.8) is 0 Å². The highest BCUT2D eigenvalue weighted by atomic mass is 16.5. The largest absolute Gasteiger partial charge is 0.469 e. The lowest BCUT2D eigenvalue weighted by atomic mass is 10.1. The van der Waals surface area contributed by atoms with Crippen LogP contribution in [0.15, 0.2) is 0 Å². The first-order valence-corrected chi connectivity index (χ1v) is 3.48. The molecule has 0 aliphatic heterocycles. The zero-order valence-corrected chi connectivity index (χ0v) is 6.58. The quantitative estimate of drug-likeness (QED) is 0.447. The lowest BCUT2D eigenvalue weighted by molar-refractivity contribution is -0.140. The molecule has 0 radical (unpaired) electrons. The van der Waals surface area contributed by atoms with Crippen LogP contribution in [0.5, 0.6) is 0 Å². The van der Waals surface area contributed by atoms with Crippen molar-refractivity contribution >= 4 is 12.3 Å². The number of carbonyl (C=O) groups is 2. The Morgan fingerprint density at radius 3 is 2.82 bits per heavy atom. The monoisotopic (exact) mass is 159 g/mol. The normalized spacial score (nSPS) is 12.2. The van der Waals surface area contributed by atoms with E-state index in [1.165, 1.54) is 7.11 Å². The van der Waals surface area contributed by atoms with Gasteiger partial charge in [0.15, 0.2) is 0 Å². The van der Waals surface area contributed by atoms with Crippen LogP contribution in [0.3, 0.4) is 0 Å². The zero-order chi connectivity index (χ0) is 8.69. The summed E-state index contributed by atoms with van der Waals surface area (Å²) in [6.07, 6.45) is 2.15. The van der Waals surface area contributed by atoms with Crippen molar-refractivity contribution in [2.45, 2.75) is 25.3 Å². The fourth-order valence-electron chi connectivity index (χ4n) is 0.652. The first-order valence-electron chi connectivity index (χ1n) is 3.48. The number of methoxy groups -OCH3 is 1. The summed E-state index contributed by atoms with van der Waals surface area (Å²) in [5.41, 5.74) is 5.28. The predicted molar refractivity (Wildman–Crippen MR) is 39.9 cm³/mol. The van der Waals surface area contributed by atoms with Gasteiger partial charge in [-0.3, -0.25) is 4.79 Å². The summed E-state index contributed by atoms with van der Waals surface area (Å²) in [5, 5.41) is 0. The van der Waals surface area contributed by atoms with E-state index < -0.39 is 6.04 Å². The first-order chi connectivity index (χ1) is 5.20. The molecule has 0 rings (SSSR count). The van der Waals surface area contributed by atoms with E-state index in [0.29, 0.717) is 25.5 Å². The molecule has 0 saturated carbocycles. The van der Waals surface area contributed by atoms with E-state index in [-0.39, 0.29) is 5.97 Å². The Bertz CT molecular complexity index is 136. The van der Waals surface area contributed by atoms with E-state index in [2.05, 4.69) is 4.74 Å². The molecule has 11 heavy (non-hydrogen) atoms. The lowest BCUT2D eigenvalue weighted by Gasteiger charge is -2.01. The van der Waals surface area contributed by atoms with Crippen LogP contribution in [0.1, 0.15) is 19.3 Å². The van der Waals surface area contributed by atoms with Crippen LogP contribution >= 0.6 is 0 Å². The highest BCUT2D eigenvalue weighted by Crippen LogP contribution is 1.98. The van der Waals surface area contributed by atoms with Crippen LogP contribution in [0.4, 0.5) is 0 Å². The molecule has 4 nitrogen and oxygen atoms in total. The second-order valence-electron chi connectivity index (χ2n) is 2.27. The highest BCUT2D eigenvalue weighted by Gasteiger charge is 2.03. The number of esters is 1. The van der Waals surface area contributed by atoms with E-state index >= 15 is 0 Å². The molecule has 0 bridgehead atoms. The molecule has 0 aliphatic carbocycles. The summed E-state index contributed by atoms with van der Waals surface area (Å²) in [7, 11) is 1.34. The van der Waals surface area contributed by atoms with Gasteiger partial charge < -0.3 is 15.3 Å². The van der Waals surface area contributed by atoms with Crippen LogP contribution in [0.2, 0.25) is 0 Å². The Morgan fingerprint density at radius 2 is 2.36 bits per heavy atom. The van der Waals surface area contributed by atoms with Gasteiger partial charge in [0.2, 0.25) is 0 Å². The van der Waals surface area contributed by atoms with Gasteiger partial charge in [0.1, 0.15) is 6.29 Å². The molecule has 2 N–H and O–H groups in total. The molecule has 0 fully saturated rings. The molecule has 0 aliphatic rings. The number of rotatable bonds is 5. The molecule has 64 valence electrons. The van der Waals surface area contributed by atoms with Gasteiger partial charge in [-0.2, -0.15) is 0 Å². The van der Waals surface area contributed by atoms with Crippen molar-refractivity contribution < 1.29 is 14.3 Å². The smallest absolute Gasteiger partial charge is 0.305 e. The summed E-state index contributed by atoms with van der Waals surface area (Å²) >= 11 is 0. The van der Waals surface area contributed by atoms with Gasteiger partial charge in [0.25, 0.3) is 0 Å². The topological polar surface area (TPSA) is 69.4 Å². The maximum Gasteiger partial charge on any atom is 0.305 e. The summed E-state index contributed by atoms with van der Waals surface area (Å²) in [4.78, 5) is 20.5. The van der Waals surface area contributed by atoms with Gasteiger partial charge in [-0.05, 0) is 12.8 Å². The molecule has 0 aromatic carbocycles. The minimum atomic E-state index is -0.445. The third-order valence-electron chi connectivity index (χ3n) is 1.32. The Morgan fingerprint density at radius 1 is 1.73 bits per heavy atom. The second kappa shape index (κ2) is 5.85. The Labute approximate surface area is 65.7 Å². The number of ether oxygens (including phenoxy) is 1. The second-order valence-corrected chi connectivity index (χ2v) is 2.27. The Hall–Kier alpha value is -0.900. The molecule has 0 spiro atoms. The van der Waals surface area contributed by atoms with Crippen molar-refractivity contribution in [1.29, 1.82) is 0 Å². The third kappa shape index (κ3) is 5.54. The van der Waals surface area contributed by atoms with Crippen LogP contribution < -0.4 is 5.73 Å². The average Bonchev–Trinajstić information content (AvgIpc) is 2.04. The van der Waals surface area contributed by atoms with Crippen molar-refractivity contribution in [2.75, 3.05) is 7.11 Å². The van der Waals surface area contributed by atoms with E-state index in [4.69, 9.17) is 5.73 Å². The fraction of sp³-hybridized carbons (Fsp3) is 0.714. The lowest BCUT2D eigenvalue weighted by Crippen LogP contribution is -2.21. The van der Waals surface area contributed by atoms with Gasteiger partial charge in [-0.15, -0.1) is 0 Å². The van der Waals surface area contributed by atoms with Crippen LogP contribution in [-0.2, 0) is 14.3 Å². The molecule has 0 saturated heterocycles. The minimum absolute atomic E-state index is 0.261. The molecule has 4 heteroatoms. The van der Waals surface area contributed by atoms with Crippen molar-refractivity contribution in [3.05, 3.63) is 0 Å². The number of hydrogen-bond donors (Lipinski definition) is 1. The third-order valence-corrected chi connectivity index (χ3v) is 1.32. The maximum absolute atomic E-state index is 10.5. The van der Waals surface area contributed by atoms with Gasteiger partial charge in [0, 0.05) is 6.42 Å². The molecule has 1 unspecified atom stereocenters. The number of carbonyl (C=O) groups excluding carboxylic acids is 2. The number of hydrogen-bond acceptors (Lipinski definition) is 4.